The second-order valence-corrected chi connectivity index (χ2v) is 5.97. The fraction of sp³-hybridized carbons (Fsp3) is 0. The van der Waals surface area contributed by atoms with E-state index in [1.165, 1.54) is 16.7 Å². The van der Waals surface area contributed by atoms with Crippen LogP contribution in [0.15, 0.2) is 41.2 Å². The molecule has 0 aliphatic carbocycles. The van der Waals surface area contributed by atoms with E-state index in [0.29, 0.717) is 16.6 Å². The molecular weight excluding hydrogens is 386 g/mol. The van der Waals surface area contributed by atoms with Crippen LogP contribution in [0.3, 0.4) is 0 Å². The standard InChI is InChI=1S/C15H6FIN2O2/c16-7-1-4-12-10(5-7)13(20)14-18-11-3-2-8(17)6-9(11)15(21)19(12)14/h1-6H. The summed E-state index contributed by atoms with van der Waals surface area (Å²) in [6.45, 7) is 0. The second kappa shape index (κ2) is 4.20. The topological polar surface area (TPSA) is 52.0 Å². The molecule has 21 heavy (non-hydrogen) atoms. The minimum Gasteiger partial charge on any atom is -0.285 e. The minimum absolute atomic E-state index is 0.0364. The van der Waals surface area contributed by atoms with E-state index in [4.69, 9.17) is 0 Å². The number of carbonyl (C=O) groups is 1. The van der Waals surface area contributed by atoms with E-state index >= 15 is 0 Å². The predicted octanol–water partition coefficient (Wildman–Crippen LogP) is 2.67. The van der Waals surface area contributed by atoms with Crippen molar-refractivity contribution < 1.29 is 9.18 Å². The first-order valence-corrected chi connectivity index (χ1v) is 7.21. The molecule has 6 heteroatoms. The normalized spacial score (nSPS) is 12.6. The summed E-state index contributed by atoms with van der Waals surface area (Å²) < 4.78 is 15.5. The van der Waals surface area contributed by atoms with Crippen LogP contribution in [-0.4, -0.2) is 15.3 Å². The molecule has 1 aliphatic heterocycles. The lowest BCUT2D eigenvalue weighted by molar-refractivity contribution is 0.103. The van der Waals surface area contributed by atoms with Crippen LogP contribution < -0.4 is 5.56 Å². The van der Waals surface area contributed by atoms with E-state index < -0.39 is 11.6 Å². The molecule has 0 amide bonds. The van der Waals surface area contributed by atoms with Gasteiger partial charge in [-0.2, -0.15) is 0 Å². The minimum atomic E-state index is -0.512. The van der Waals surface area contributed by atoms with Gasteiger partial charge < -0.3 is 0 Å². The summed E-state index contributed by atoms with van der Waals surface area (Å²) in [5.41, 5.74) is 0.708. The number of halogens is 2. The van der Waals surface area contributed by atoms with Crippen molar-refractivity contribution in [3.8, 4) is 5.69 Å². The predicted molar refractivity (Wildman–Crippen MR) is 83.4 cm³/mol. The van der Waals surface area contributed by atoms with E-state index in [2.05, 4.69) is 27.6 Å². The van der Waals surface area contributed by atoms with Gasteiger partial charge in [0.15, 0.2) is 5.82 Å². The number of ketones is 1. The highest BCUT2D eigenvalue weighted by molar-refractivity contribution is 14.1. The number of benzene rings is 2. The van der Waals surface area contributed by atoms with Gasteiger partial charge >= 0.3 is 0 Å². The molecule has 3 aromatic rings. The summed E-state index contributed by atoms with van der Waals surface area (Å²) >= 11 is 2.11. The number of carbonyl (C=O) groups excluding carboxylic acids is 1. The molecule has 0 N–H and O–H groups in total. The van der Waals surface area contributed by atoms with Gasteiger partial charge in [-0.3, -0.25) is 14.2 Å². The zero-order valence-corrected chi connectivity index (χ0v) is 12.6. The highest BCUT2D eigenvalue weighted by Gasteiger charge is 2.30. The zero-order chi connectivity index (χ0) is 14.7. The van der Waals surface area contributed by atoms with Crippen molar-refractivity contribution >= 4 is 39.3 Å². The molecular formula is C15H6FIN2O2. The molecule has 0 saturated carbocycles. The average Bonchev–Trinajstić information content (AvgIpc) is 2.73. The lowest BCUT2D eigenvalue weighted by Crippen LogP contribution is -2.21. The molecule has 4 rings (SSSR count). The van der Waals surface area contributed by atoms with E-state index in [1.54, 1.807) is 12.1 Å². The van der Waals surface area contributed by atoms with E-state index in [0.717, 1.165) is 9.64 Å². The molecule has 0 spiro atoms. The van der Waals surface area contributed by atoms with Gasteiger partial charge in [-0.25, -0.2) is 9.37 Å². The monoisotopic (exact) mass is 392 g/mol. The van der Waals surface area contributed by atoms with Gasteiger partial charge in [0, 0.05) is 3.57 Å². The summed E-state index contributed by atoms with van der Waals surface area (Å²) in [4.78, 5) is 29.2. The Hall–Kier alpha value is -2.09. The van der Waals surface area contributed by atoms with E-state index in [1.807, 2.05) is 6.07 Å². The molecule has 0 fully saturated rings. The van der Waals surface area contributed by atoms with Gasteiger partial charge in [-0.15, -0.1) is 0 Å². The molecule has 2 aromatic carbocycles. The number of rotatable bonds is 0. The highest BCUT2D eigenvalue weighted by Crippen LogP contribution is 2.27. The van der Waals surface area contributed by atoms with Crippen LogP contribution in [0, 0.1) is 9.39 Å². The van der Waals surface area contributed by atoms with E-state index in [9.17, 15) is 14.0 Å². The Bertz CT molecular complexity index is 1010. The SMILES string of the molecule is O=C1c2cc(F)ccc2-n2c1nc1ccc(I)cc1c2=O. The summed E-state index contributed by atoms with van der Waals surface area (Å²) in [6, 6.07) is 9.05. The Balaban J connectivity index is 2.18. The second-order valence-electron chi connectivity index (χ2n) is 4.73. The molecule has 0 radical (unpaired) electrons. The van der Waals surface area contributed by atoms with Crippen molar-refractivity contribution in [1.82, 2.24) is 9.55 Å². The van der Waals surface area contributed by atoms with Crippen molar-refractivity contribution in [2.24, 2.45) is 0 Å². The van der Waals surface area contributed by atoms with Gasteiger partial charge in [0.25, 0.3) is 5.56 Å². The third-order valence-corrected chi connectivity index (χ3v) is 4.15. The Labute approximate surface area is 131 Å². The number of hydrogen-bond acceptors (Lipinski definition) is 3. The fourth-order valence-electron chi connectivity index (χ4n) is 2.54. The van der Waals surface area contributed by atoms with Gasteiger partial charge in [0.05, 0.1) is 22.2 Å². The molecule has 2 heterocycles. The van der Waals surface area contributed by atoms with Crippen molar-refractivity contribution in [1.29, 1.82) is 0 Å². The number of fused-ring (bicyclic) bond motifs is 4. The Morgan fingerprint density at radius 3 is 2.71 bits per heavy atom. The highest BCUT2D eigenvalue weighted by atomic mass is 127. The van der Waals surface area contributed by atoms with Crippen LogP contribution in [0.4, 0.5) is 4.39 Å². The maximum absolute atomic E-state index is 13.3. The summed E-state index contributed by atoms with van der Waals surface area (Å²) in [7, 11) is 0. The van der Waals surface area contributed by atoms with Crippen LogP contribution in [0.5, 0.6) is 0 Å². The van der Waals surface area contributed by atoms with Gasteiger partial charge in [0.1, 0.15) is 5.82 Å². The third kappa shape index (κ3) is 1.68. The Morgan fingerprint density at radius 2 is 1.90 bits per heavy atom. The summed E-state index contributed by atoms with van der Waals surface area (Å²) in [5, 5.41) is 0.440. The molecule has 4 nitrogen and oxygen atoms in total. The van der Waals surface area contributed by atoms with Crippen molar-refractivity contribution in [2.75, 3.05) is 0 Å². The van der Waals surface area contributed by atoms with Crippen molar-refractivity contribution in [3.63, 3.8) is 0 Å². The largest absolute Gasteiger partial charge is 0.285 e. The smallest absolute Gasteiger partial charge is 0.266 e. The van der Waals surface area contributed by atoms with Crippen LogP contribution in [0.25, 0.3) is 16.6 Å². The quantitative estimate of drug-likeness (QED) is 0.433. The van der Waals surface area contributed by atoms with Gasteiger partial charge in [-0.1, -0.05) is 0 Å². The molecule has 0 atom stereocenters. The van der Waals surface area contributed by atoms with Crippen LogP contribution in [0.1, 0.15) is 16.2 Å². The third-order valence-electron chi connectivity index (χ3n) is 3.48. The van der Waals surface area contributed by atoms with Crippen LogP contribution >= 0.6 is 22.6 Å². The lowest BCUT2D eigenvalue weighted by Gasteiger charge is -2.05. The maximum atomic E-state index is 13.3. The average molecular weight is 392 g/mol. The molecule has 0 saturated heterocycles. The van der Waals surface area contributed by atoms with Gasteiger partial charge in [-0.05, 0) is 59.0 Å². The summed E-state index contributed by atoms with van der Waals surface area (Å²) in [5.74, 6) is -0.904. The molecule has 1 aromatic heterocycles. The number of nitrogens with zero attached hydrogens (tertiary/aromatic N) is 2. The summed E-state index contributed by atoms with van der Waals surface area (Å²) in [6.07, 6.45) is 0. The van der Waals surface area contributed by atoms with Crippen LogP contribution in [-0.2, 0) is 0 Å². The lowest BCUT2D eigenvalue weighted by atomic mass is 10.1. The number of aromatic nitrogens is 2. The first-order chi connectivity index (χ1) is 10.1. The zero-order valence-electron chi connectivity index (χ0n) is 10.4. The Kier molecular flexibility index (Phi) is 2.53. The Morgan fingerprint density at radius 1 is 1.10 bits per heavy atom. The first-order valence-electron chi connectivity index (χ1n) is 6.13. The molecule has 1 aliphatic rings. The fourth-order valence-corrected chi connectivity index (χ4v) is 3.03. The molecule has 102 valence electrons. The van der Waals surface area contributed by atoms with Gasteiger partial charge in [0.2, 0.25) is 5.78 Å². The van der Waals surface area contributed by atoms with Crippen molar-refractivity contribution in [2.45, 2.75) is 0 Å². The molecule has 0 unspecified atom stereocenters. The van der Waals surface area contributed by atoms with Crippen molar-refractivity contribution in [3.05, 3.63) is 67.5 Å². The molecule has 0 bridgehead atoms. The number of hydrogen-bond donors (Lipinski definition) is 0. The van der Waals surface area contributed by atoms with E-state index in [-0.39, 0.29) is 16.9 Å². The van der Waals surface area contributed by atoms with Crippen LogP contribution in [0.2, 0.25) is 0 Å². The maximum Gasteiger partial charge on any atom is 0.266 e. The first kappa shape index (κ1) is 12.6.